The topological polar surface area (TPSA) is 60.9 Å². The molecule has 0 radical (unpaired) electrons. The summed E-state index contributed by atoms with van der Waals surface area (Å²) in [5, 5.41) is 18.3. The van der Waals surface area contributed by atoms with E-state index in [1.807, 2.05) is 21.5 Å². The molecule has 0 unspecified atom stereocenters. The van der Waals surface area contributed by atoms with Gasteiger partial charge in [0, 0.05) is 31.3 Å². The van der Waals surface area contributed by atoms with Crippen LogP contribution in [0.2, 0.25) is 0 Å². The SMILES string of the molecule is CCCc1nnc2sc([C@H](C)Cn3cccn3)nn12. The van der Waals surface area contributed by atoms with Gasteiger partial charge in [-0.05, 0) is 12.5 Å². The van der Waals surface area contributed by atoms with Crippen LogP contribution in [0.1, 0.15) is 37.0 Å². The lowest BCUT2D eigenvalue weighted by Crippen LogP contribution is -2.07. The first-order valence-electron chi connectivity index (χ1n) is 6.46. The third-order valence-corrected chi connectivity index (χ3v) is 4.12. The van der Waals surface area contributed by atoms with Crippen molar-refractivity contribution in [2.24, 2.45) is 0 Å². The van der Waals surface area contributed by atoms with Crippen LogP contribution in [0, 0.1) is 0 Å². The van der Waals surface area contributed by atoms with E-state index < -0.39 is 0 Å². The van der Waals surface area contributed by atoms with Crippen LogP contribution < -0.4 is 0 Å². The van der Waals surface area contributed by atoms with Crippen molar-refractivity contribution in [1.29, 1.82) is 0 Å². The Hall–Kier alpha value is -1.76. The fourth-order valence-corrected chi connectivity index (χ4v) is 2.92. The summed E-state index contributed by atoms with van der Waals surface area (Å²) >= 11 is 1.61. The number of fused-ring (bicyclic) bond motifs is 1. The lowest BCUT2D eigenvalue weighted by atomic mass is 10.2. The standard InChI is InChI=1S/C12H16N6S/c1-3-5-10-14-15-12-18(10)16-11(19-12)9(2)8-17-7-4-6-13-17/h4,6-7,9H,3,5,8H2,1-2H3/t9-/m1/s1. The zero-order valence-electron chi connectivity index (χ0n) is 11.0. The minimum absolute atomic E-state index is 0.320. The van der Waals surface area contributed by atoms with E-state index >= 15 is 0 Å². The third-order valence-electron chi connectivity index (χ3n) is 2.99. The van der Waals surface area contributed by atoms with Crippen molar-refractivity contribution in [1.82, 2.24) is 29.6 Å². The van der Waals surface area contributed by atoms with Gasteiger partial charge in [0.25, 0.3) is 0 Å². The molecule has 0 N–H and O–H groups in total. The van der Waals surface area contributed by atoms with E-state index in [4.69, 9.17) is 0 Å². The van der Waals surface area contributed by atoms with E-state index in [0.29, 0.717) is 5.92 Å². The van der Waals surface area contributed by atoms with Crippen molar-refractivity contribution in [3.63, 3.8) is 0 Å². The zero-order chi connectivity index (χ0) is 13.2. The van der Waals surface area contributed by atoms with Gasteiger partial charge in [-0.2, -0.15) is 14.7 Å². The Morgan fingerprint density at radius 1 is 1.37 bits per heavy atom. The molecular formula is C12H16N6S. The van der Waals surface area contributed by atoms with Gasteiger partial charge >= 0.3 is 0 Å². The quantitative estimate of drug-likeness (QED) is 0.716. The Balaban J connectivity index is 1.84. The molecule has 0 aliphatic carbocycles. The summed E-state index contributed by atoms with van der Waals surface area (Å²) in [5.74, 6) is 1.27. The Morgan fingerprint density at radius 3 is 3.00 bits per heavy atom. The van der Waals surface area contributed by atoms with Crippen LogP contribution in [0.3, 0.4) is 0 Å². The summed E-state index contributed by atoms with van der Waals surface area (Å²) < 4.78 is 3.81. The summed E-state index contributed by atoms with van der Waals surface area (Å²) in [6.45, 7) is 5.13. The van der Waals surface area contributed by atoms with E-state index in [1.165, 1.54) is 0 Å². The van der Waals surface area contributed by atoms with Crippen molar-refractivity contribution in [3.8, 4) is 0 Å². The monoisotopic (exact) mass is 276 g/mol. The number of hydrogen-bond donors (Lipinski definition) is 0. The van der Waals surface area contributed by atoms with Crippen LogP contribution >= 0.6 is 11.3 Å². The summed E-state index contributed by atoms with van der Waals surface area (Å²) in [6.07, 6.45) is 5.73. The Kier molecular flexibility index (Phi) is 3.29. The second-order valence-electron chi connectivity index (χ2n) is 4.63. The Morgan fingerprint density at radius 2 is 2.26 bits per heavy atom. The molecule has 0 saturated heterocycles. The van der Waals surface area contributed by atoms with E-state index in [0.717, 1.165) is 35.2 Å². The predicted molar refractivity (Wildman–Crippen MR) is 73.3 cm³/mol. The lowest BCUT2D eigenvalue weighted by Gasteiger charge is -2.07. The smallest absolute Gasteiger partial charge is 0.234 e. The second kappa shape index (κ2) is 5.08. The molecule has 100 valence electrons. The molecule has 6 nitrogen and oxygen atoms in total. The number of nitrogens with zero attached hydrogens (tertiary/aromatic N) is 6. The van der Waals surface area contributed by atoms with E-state index in [9.17, 15) is 0 Å². The average molecular weight is 276 g/mol. The normalized spacial score (nSPS) is 13.2. The molecular weight excluding hydrogens is 260 g/mol. The average Bonchev–Trinajstić information content (AvgIpc) is 3.07. The van der Waals surface area contributed by atoms with Gasteiger partial charge in [-0.15, -0.1) is 10.2 Å². The largest absolute Gasteiger partial charge is 0.272 e. The van der Waals surface area contributed by atoms with Crippen LogP contribution in [0.4, 0.5) is 0 Å². The lowest BCUT2D eigenvalue weighted by molar-refractivity contribution is 0.536. The molecule has 0 fully saturated rings. The van der Waals surface area contributed by atoms with Crippen molar-refractivity contribution < 1.29 is 0 Å². The van der Waals surface area contributed by atoms with Gasteiger partial charge in [0.05, 0.1) is 0 Å². The van der Waals surface area contributed by atoms with Gasteiger partial charge in [-0.25, -0.2) is 0 Å². The van der Waals surface area contributed by atoms with E-state index in [2.05, 4.69) is 34.2 Å². The summed E-state index contributed by atoms with van der Waals surface area (Å²) in [7, 11) is 0. The maximum atomic E-state index is 4.64. The fraction of sp³-hybridized carbons (Fsp3) is 0.500. The van der Waals surface area contributed by atoms with Crippen molar-refractivity contribution >= 4 is 16.3 Å². The zero-order valence-corrected chi connectivity index (χ0v) is 11.8. The molecule has 1 atom stereocenters. The van der Waals surface area contributed by atoms with Gasteiger partial charge in [0.1, 0.15) is 5.01 Å². The molecule has 19 heavy (non-hydrogen) atoms. The van der Waals surface area contributed by atoms with Crippen molar-refractivity contribution in [3.05, 3.63) is 29.3 Å². The molecule has 0 aromatic carbocycles. The maximum Gasteiger partial charge on any atom is 0.234 e. The Labute approximate surface area is 115 Å². The highest BCUT2D eigenvalue weighted by Crippen LogP contribution is 2.23. The number of rotatable bonds is 5. The summed E-state index contributed by atoms with van der Waals surface area (Å²) in [5.41, 5.74) is 0. The summed E-state index contributed by atoms with van der Waals surface area (Å²) in [4.78, 5) is 0.880. The minimum Gasteiger partial charge on any atom is -0.272 e. The summed E-state index contributed by atoms with van der Waals surface area (Å²) in [6, 6.07) is 1.94. The van der Waals surface area contributed by atoms with Gasteiger partial charge in [0.2, 0.25) is 4.96 Å². The van der Waals surface area contributed by atoms with Crippen molar-refractivity contribution in [2.75, 3.05) is 0 Å². The molecule has 3 rings (SSSR count). The molecule has 0 aliphatic heterocycles. The van der Waals surface area contributed by atoms with Crippen LogP contribution in [0.25, 0.3) is 4.96 Å². The van der Waals surface area contributed by atoms with Gasteiger partial charge in [-0.3, -0.25) is 4.68 Å². The van der Waals surface area contributed by atoms with Crippen LogP contribution in [0.5, 0.6) is 0 Å². The second-order valence-corrected chi connectivity index (χ2v) is 5.62. The van der Waals surface area contributed by atoms with E-state index in [1.54, 1.807) is 17.5 Å². The highest BCUT2D eigenvalue weighted by molar-refractivity contribution is 7.16. The molecule has 0 bridgehead atoms. The first kappa shape index (κ1) is 12.3. The van der Waals surface area contributed by atoms with Crippen LogP contribution in [-0.4, -0.2) is 29.6 Å². The van der Waals surface area contributed by atoms with Crippen LogP contribution in [0.15, 0.2) is 18.5 Å². The number of hydrogen-bond acceptors (Lipinski definition) is 5. The highest BCUT2D eigenvalue weighted by Gasteiger charge is 2.16. The molecule has 7 heteroatoms. The molecule has 3 aromatic rings. The first-order chi connectivity index (χ1) is 9.28. The maximum absolute atomic E-state index is 4.64. The predicted octanol–water partition coefficient (Wildman–Crippen LogP) is 2.14. The molecule has 3 heterocycles. The molecule has 0 spiro atoms. The molecule has 0 saturated carbocycles. The molecule has 0 amide bonds. The Bertz CT molecular complexity index is 653. The van der Waals surface area contributed by atoms with Crippen LogP contribution in [-0.2, 0) is 13.0 Å². The minimum atomic E-state index is 0.320. The van der Waals surface area contributed by atoms with Gasteiger partial charge in [0.15, 0.2) is 5.82 Å². The van der Waals surface area contributed by atoms with E-state index in [-0.39, 0.29) is 0 Å². The number of aromatic nitrogens is 6. The molecule has 0 aliphatic rings. The fourth-order valence-electron chi connectivity index (χ4n) is 2.02. The van der Waals surface area contributed by atoms with Crippen molar-refractivity contribution in [2.45, 2.75) is 39.2 Å². The first-order valence-corrected chi connectivity index (χ1v) is 7.28. The van der Waals surface area contributed by atoms with Gasteiger partial charge in [-0.1, -0.05) is 25.2 Å². The third kappa shape index (κ3) is 2.37. The number of aryl methyl sites for hydroxylation is 1. The highest BCUT2D eigenvalue weighted by atomic mass is 32.1. The van der Waals surface area contributed by atoms with Gasteiger partial charge < -0.3 is 0 Å². The molecule has 3 aromatic heterocycles.